The summed E-state index contributed by atoms with van der Waals surface area (Å²) in [4.78, 5) is 42.6. The Labute approximate surface area is 141 Å². The molecule has 0 radical (unpaired) electrons. The van der Waals surface area contributed by atoms with Gasteiger partial charge in [0.2, 0.25) is 11.8 Å². The standard InChI is InChI=1S/C16H24N4O4/c1-5-10-12(21)19-11(18-10)9-6-16(8-17-13(16)22)20(7-9)14(23)24-15(2,3)4/h9-10H,5-8H2,1-4H3,(H,17,22)(H,18,19,21). The summed E-state index contributed by atoms with van der Waals surface area (Å²) in [6.07, 6.45) is 0.577. The van der Waals surface area contributed by atoms with E-state index in [0.29, 0.717) is 31.8 Å². The van der Waals surface area contributed by atoms with Gasteiger partial charge >= 0.3 is 6.09 Å². The number of likely N-dealkylation sites (tertiary alicyclic amines) is 1. The van der Waals surface area contributed by atoms with Crippen molar-refractivity contribution in [1.29, 1.82) is 0 Å². The van der Waals surface area contributed by atoms with Gasteiger partial charge in [0.15, 0.2) is 0 Å². The van der Waals surface area contributed by atoms with Crippen LogP contribution >= 0.6 is 0 Å². The average Bonchev–Trinajstić information content (AvgIpc) is 3.06. The summed E-state index contributed by atoms with van der Waals surface area (Å²) in [5.41, 5.74) is -1.52. The molecule has 0 bridgehead atoms. The largest absolute Gasteiger partial charge is 0.444 e. The summed E-state index contributed by atoms with van der Waals surface area (Å²) in [6, 6.07) is -0.373. The highest BCUT2D eigenvalue weighted by Gasteiger charge is 2.60. The summed E-state index contributed by atoms with van der Waals surface area (Å²) < 4.78 is 5.46. The molecule has 8 heteroatoms. The molecule has 132 valence electrons. The minimum absolute atomic E-state index is 0.115. The fraction of sp³-hybridized carbons (Fsp3) is 0.750. The van der Waals surface area contributed by atoms with Crippen LogP contribution in [0.5, 0.6) is 0 Å². The van der Waals surface area contributed by atoms with E-state index in [0.717, 1.165) is 0 Å². The third kappa shape index (κ3) is 2.63. The van der Waals surface area contributed by atoms with Crippen LogP contribution in [-0.4, -0.2) is 58.9 Å². The maximum Gasteiger partial charge on any atom is 0.411 e. The lowest BCUT2D eigenvalue weighted by molar-refractivity contribution is -0.140. The van der Waals surface area contributed by atoms with Crippen LogP contribution in [0, 0.1) is 5.92 Å². The Morgan fingerprint density at radius 1 is 1.42 bits per heavy atom. The van der Waals surface area contributed by atoms with Gasteiger partial charge in [0.05, 0.1) is 6.54 Å². The van der Waals surface area contributed by atoms with Crippen molar-refractivity contribution < 1.29 is 19.1 Å². The molecular weight excluding hydrogens is 312 g/mol. The molecule has 3 amide bonds. The van der Waals surface area contributed by atoms with Crippen molar-refractivity contribution in [2.75, 3.05) is 13.1 Å². The summed E-state index contributed by atoms with van der Waals surface area (Å²) >= 11 is 0. The highest BCUT2D eigenvalue weighted by Crippen LogP contribution is 2.39. The number of rotatable bonds is 2. The number of carbonyl (C=O) groups excluding carboxylic acids is 3. The number of nitrogens with one attached hydrogen (secondary N) is 2. The lowest BCUT2D eigenvalue weighted by Gasteiger charge is -2.44. The van der Waals surface area contributed by atoms with Crippen molar-refractivity contribution in [3.05, 3.63) is 0 Å². The first-order valence-electron chi connectivity index (χ1n) is 8.34. The van der Waals surface area contributed by atoms with Crippen molar-refractivity contribution in [1.82, 2.24) is 15.5 Å². The van der Waals surface area contributed by atoms with E-state index in [2.05, 4.69) is 15.6 Å². The first kappa shape index (κ1) is 16.7. The van der Waals surface area contributed by atoms with Crippen LogP contribution in [0.1, 0.15) is 40.5 Å². The second-order valence-electron chi connectivity index (χ2n) is 7.63. The van der Waals surface area contributed by atoms with Gasteiger partial charge in [0.25, 0.3) is 0 Å². The van der Waals surface area contributed by atoms with E-state index in [1.165, 1.54) is 4.90 Å². The molecule has 3 unspecified atom stereocenters. The monoisotopic (exact) mass is 336 g/mol. The number of ether oxygens (including phenoxy) is 1. The number of nitrogens with zero attached hydrogens (tertiary/aromatic N) is 2. The maximum absolute atomic E-state index is 12.6. The molecule has 24 heavy (non-hydrogen) atoms. The van der Waals surface area contributed by atoms with Gasteiger partial charge in [0.1, 0.15) is 23.0 Å². The Morgan fingerprint density at radius 3 is 2.58 bits per heavy atom. The van der Waals surface area contributed by atoms with E-state index in [1.54, 1.807) is 20.8 Å². The van der Waals surface area contributed by atoms with Crippen LogP contribution in [0.25, 0.3) is 0 Å². The van der Waals surface area contributed by atoms with Crippen LogP contribution in [0.4, 0.5) is 4.79 Å². The molecule has 2 fully saturated rings. The van der Waals surface area contributed by atoms with E-state index < -0.39 is 17.2 Å². The molecule has 8 nitrogen and oxygen atoms in total. The Balaban J connectivity index is 1.81. The number of β-lactam (4-membered cyclic amide) rings is 1. The molecule has 3 heterocycles. The third-order valence-corrected chi connectivity index (χ3v) is 4.70. The molecular formula is C16H24N4O4. The normalized spacial score (nSPS) is 32.3. The highest BCUT2D eigenvalue weighted by atomic mass is 16.6. The number of amides is 3. The van der Waals surface area contributed by atoms with E-state index in [4.69, 9.17) is 4.74 Å². The van der Waals surface area contributed by atoms with E-state index >= 15 is 0 Å². The molecule has 0 saturated carbocycles. The summed E-state index contributed by atoms with van der Waals surface area (Å²) in [7, 11) is 0. The molecule has 0 aromatic heterocycles. The number of hydrogen-bond acceptors (Lipinski definition) is 5. The predicted octanol–water partition coefficient (Wildman–Crippen LogP) is 0.419. The minimum Gasteiger partial charge on any atom is -0.444 e. The smallest absolute Gasteiger partial charge is 0.411 e. The molecule has 2 saturated heterocycles. The SMILES string of the molecule is CCC1N=C(C2CN(C(=O)OC(C)(C)C)C3(CNC3=O)C2)NC1=O. The number of carbonyl (C=O) groups is 3. The van der Waals surface area contributed by atoms with Crippen LogP contribution in [0.3, 0.4) is 0 Å². The highest BCUT2D eigenvalue weighted by molar-refractivity contribution is 6.08. The Hall–Kier alpha value is -2.12. The van der Waals surface area contributed by atoms with E-state index in [9.17, 15) is 14.4 Å². The topological polar surface area (TPSA) is 100 Å². The predicted molar refractivity (Wildman–Crippen MR) is 86.4 cm³/mol. The molecule has 0 aromatic carbocycles. The van der Waals surface area contributed by atoms with Gasteiger partial charge in [-0.2, -0.15) is 0 Å². The molecule has 3 aliphatic heterocycles. The zero-order valence-electron chi connectivity index (χ0n) is 14.5. The quantitative estimate of drug-likeness (QED) is 0.714. The van der Waals surface area contributed by atoms with Crippen molar-refractivity contribution >= 4 is 23.7 Å². The first-order valence-corrected chi connectivity index (χ1v) is 8.34. The number of aliphatic imine (C=N–C) groups is 1. The van der Waals surface area contributed by atoms with Crippen LogP contribution in [0.15, 0.2) is 4.99 Å². The zero-order chi connectivity index (χ0) is 17.7. The Kier molecular flexibility index (Phi) is 3.80. The molecule has 1 spiro atoms. The fourth-order valence-corrected chi connectivity index (χ4v) is 3.43. The average molecular weight is 336 g/mol. The van der Waals surface area contributed by atoms with Crippen LogP contribution < -0.4 is 10.6 Å². The number of hydrogen-bond donors (Lipinski definition) is 2. The van der Waals surface area contributed by atoms with Crippen molar-refractivity contribution in [3.8, 4) is 0 Å². The van der Waals surface area contributed by atoms with E-state index in [1.807, 2.05) is 6.92 Å². The summed E-state index contributed by atoms with van der Waals surface area (Å²) in [5, 5.41) is 5.52. The van der Waals surface area contributed by atoms with Gasteiger partial charge in [0, 0.05) is 12.5 Å². The van der Waals surface area contributed by atoms with Gasteiger partial charge < -0.3 is 15.4 Å². The second-order valence-corrected chi connectivity index (χ2v) is 7.63. The van der Waals surface area contributed by atoms with E-state index in [-0.39, 0.29) is 23.8 Å². The van der Waals surface area contributed by atoms with Gasteiger partial charge in [-0.3, -0.25) is 19.5 Å². The lowest BCUT2D eigenvalue weighted by atomic mass is 9.85. The van der Waals surface area contributed by atoms with Gasteiger partial charge in [-0.05, 0) is 33.6 Å². The Morgan fingerprint density at radius 2 is 2.12 bits per heavy atom. The van der Waals surface area contributed by atoms with Crippen LogP contribution in [-0.2, 0) is 14.3 Å². The molecule has 3 atom stereocenters. The third-order valence-electron chi connectivity index (χ3n) is 4.70. The minimum atomic E-state index is -0.884. The molecule has 3 aliphatic rings. The first-order chi connectivity index (χ1) is 11.2. The van der Waals surface area contributed by atoms with Crippen molar-refractivity contribution in [3.63, 3.8) is 0 Å². The molecule has 2 N–H and O–H groups in total. The Bertz CT molecular complexity index is 624. The fourth-order valence-electron chi connectivity index (χ4n) is 3.43. The maximum atomic E-state index is 12.6. The van der Waals surface area contributed by atoms with Crippen molar-refractivity contribution in [2.24, 2.45) is 10.9 Å². The second kappa shape index (κ2) is 5.46. The summed E-state index contributed by atoms with van der Waals surface area (Å²) in [6.45, 7) is 7.99. The number of amidine groups is 1. The van der Waals surface area contributed by atoms with Gasteiger partial charge in [-0.25, -0.2) is 4.79 Å². The lowest BCUT2D eigenvalue weighted by Crippen LogP contribution is -2.71. The van der Waals surface area contributed by atoms with Crippen molar-refractivity contribution in [2.45, 2.75) is 57.7 Å². The molecule has 0 aliphatic carbocycles. The zero-order valence-corrected chi connectivity index (χ0v) is 14.5. The molecule has 3 rings (SSSR count). The summed E-state index contributed by atoms with van der Waals surface area (Å²) in [5.74, 6) is 0.129. The van der Waals surface area contributed by atoms with Crippen LogP contribution in [0.2, 0.25) is 0 Å². The van der Waals surface area contributed by atoms with Gasteiger partial charge in [-0.15, -0.1) is 0 Å². The van der Waals surface area contributed by atoms with Gasteiger partial charge in [-0.1, -0.05) is 6.92 Å². The molecule has 0 aromatic rings.